The predicted molar refractivity (Wildman–Crippen MR) is 129 cm³/mol. The predicted octanol–water partition coefficient (Wildman–Crippen LogP) is 3.82. The van der Waals surface area contributed by atoms with E-state index in [1.807, 2.05) is 54.6 Å². The Labute approximate surface area is 196 Å². The first kappa shape index (κ1) is 20.4. The van der Waals surface area contributed by atoms with E-state index < -0.39 is 5.54 Å². The molecule has 1 spiro atoms. The minimum Gasteiger partial charge on any atom is -0.346 e. The standard InChI is InChI=1S/C26H24N6O2/c33-23-15-18-6-1-3-7-19(18)26(31-23)11-13-32(14-12-26)25(34)30-22-16-27-24(29-22)21-10-9-17-5-2-4-8-20(17)28-21/h1-10,16H,11-15H2,(H,27,29)(H,30,34)(H,31,33). The number of aromatic nitrogens is 3. The van der Waals surface area contributed by atoms with Crippen LogP contribution in [0.2, 0.25) is 0 Å². The molecule has 3 amide bonds. The van der Waals surface area contributed by atoms with E-state index in [1.165, 1.54) is 5.56 Å². The van der Waals surface area contributed by atoms with Crippen LogP contribution in [0.15, 0.2) is 66.9 Å². The number of carbonyl (C=O) groups excluding carboxylic acids is 2. The third-order valence-corrected chi connectivity index (χ3v) is 6.83. The molecule has 8 heteroatoms. The molecule has 4 aromatic rings. The first-order chi connectivity index (χ1) is 16.6. The Balaban J connectivity index is 1.14. The molecule has 2 aromatic heterocycles. The van der Waals surface area contributed by atoms with Gasteiger partial charge in [-0.2, -0.15) is 0 Å². The van der Waals surface area contributed by atoms with Crippen molar-refractivity contribution in [1.82, 2.24) is 25.2 Å². The van der Waals surface area contributed by atoms with Crippen LogP contribution in [0.3, 0.4) is 0 Å². The highest BCUT2D eigenvalue weighted by atomic mass is 16.2. The van der Waals surface area contributed by atoms with Gasteiger partial charge in [0.15, 0.2) is 5.82 Å². The molecule has 0 radical (unpaired) electrons. The van der Waals surface area contributed by atoms with Gasteiger partial charge in [-0.05, 0) is 36.1 Å². The molecule has 8 nitrogen and oxygen atoms in total. The molecule has 0 atom stereocenters. The minimum absolute atomic E-state index is 0.0453. The number of piperidine rings is 1. The second-order valence-electron chi connectivity index (χ2n) is 8.92. The third kappa shape index (κ3) is 3.57. The fourth-order valence-electron chi connectivity index (χ4n) is 5.09. The maximum atomic E-state index is 12.9. The number of aromatic amines is 1. The Kier molecular flexibility index (Phi) is 4.79. The molecular weight excluding hydrogens is 428 g/mol. The highest BCUT2D eigenvalue weighted by Gasteiger charge is 2.42. The van der Waals surface area contributed by atoms with Crippen LogP contribution in [0.25, 0.3) is 22.4 Å². The number of fused-ring (bicyclic) bond motifs is 3. The number of nitrogens with zero attached hydrogens (tertiary/aromatic N) is 3. The molecule has 0 unspecified atom stereocenters. The Morgan fingerprint density at radius 3 is 2.68 bits per heavy atom. The molecular formula is C26H24N6O2. The van der Waals surface area contributed by atoms with Gasteiger partial charge in [-0.25, -0.2) is 14.8 Å². The summed E-state index contributed by atoms with van der Waals surface area (Å²) in [6, 6.07) is 19.7. The van der Waals surface area contributed by atoms with E-state index in [4.69, 9.17) is 0 Å². The summed E-state index contributed by atoms with van der Waals surface area (Å²) in [6.07, 6.45) is 3.38. The molecule has 170 valence electrons. The van der Waals surface area contributed by atoms with Crippen molar-refractivity contribution < 1.29 is 9.59 Å². The second-order valence-corrected chi connectivity index (χ2v) is 8.92. The monoisotopic (exact) mass is 452 g/mol. The summed E-state index contributed by atoms with van der Waals surface area (Å²) in [6.45, 7) is 1.10. The Morgan fingerprint density at radius 2 is 1.79 bits per heavy atom. The van der Waals surface area contributed by atoms with E-state index in [2.05, 4.69) is 31.7 Å². The van der Waals surface area contributed by atoms with Gasteiger partial charge < -0.3 is 15.2 Å². The van der Waals surface area contributed by atoms with Gasteiger partial charge in [-0.3, -0.25) is 10.1 Å². The van der Waals surface area contributed by atoms with E-state index in [-0.39, 0.29) is 11.9 Å². The first-order valence-electron chi connectivity index (χ1n) is 11.5. The number of urea groups is 1. The number of pyridine rings is 1. The fourth-order valence-corrected chi connectivity index (χ4v) is 5.09. The topological polar surface area (TPSA) is 103 Å². The lowest BCUT2D eigenvalue weighted by atomic mass is 9.76. The van der Waals surface area contributed by atoms with Crippen molar-refractivity contribution in [2.75, 3.05) is 18.4 Å². The third-order valence-electron chi connectivity index (χ3n) is 6.83. The number of imidazole rings is 1. The van der Waals surface area contributed by atoms with E-state index >= 15 is 0 Å². The van der Waals surface area contributed by atoms with E-state index in [0.29, 0.717) is 49.7 Å². The zero-order valence-electron chi connectivity index (χ0n) is 18.5. The molecule has 6 rings (SSSR count). The molecule has 1 saturated heterocycles. The highest BCUT2D eigenvalue weighted by Crippen LogP contribution is 2.37. The van der Waals surface area contributed by atoms with Crippen molar-refractivity contribution in [2.24, 2.45) is 0 Å². The van der Waals surface area contributed by atoms with Crippen molar-refractivity contribution in [3.8, 4) is 11.5 Å². The zero-order valence-corrected chi connectivity index (χ0v) is 18.5. The van der Waals surface area contributed by atoms with Crippen LogP contribution >= 0.6 is 0 Å². The number of para-hydroxylation sites is 1. The summed E-state index contributed by atoms with van der Waals surface area (Å²) in [4.78, 5) is 39.2. The van der Waals surface area contributed by atoms with Gasteiger partial charge in [0.25, 0.3) is 0 Å². The number of benzene rings is 2. The van der Waals surface area contributed by atoms with Crippen LogP contribution in [0.4, 0.5) is 10.6 Å². The summed E-state index contributed by atoms with van der Waals surface area (Å²) in [5, 5.41) is 7.18. The van der Waals surface area contributed by atoms with Crippen molar-refractivity contribution in [2.45, 2.75) is 24.8 Å². The average molecular weight is 453 g/mol. The van der Waals surface area contributed by atoms with Gasteiger partial charge in [0, 0.05) is 18.5 Å². The number of anilines is 1. The fraction of sp³-hybridized carbons (Fsp3) is 0.231. The van der Waals surface area contributed by atoms with Gasteiger partial charge in [-0.15, -0.1) is 0 Å². The highest BCUT2D eigenvalue weighted by molar-refractivity contribution is 5.89. The zero-order chi connectivity index (χ0) is 23.1. The van der Waals surface area contributed by atoms with Crippen molar-refractivity contribution in [3.05, 3.63) is 78.0 Å². The SMILES string of the molecule is O=C1Cc2ccccc2C2(CCN(C(=O)Nc3cnc(-c4ccc5ccccc5n4)[nH]3)CC2)N1. The molecule has 34 heavy (non-hydrogen) atoms. The number of rotatable bonds is 2. The van der Waals surface area contributed by atoms with Crippen LogP contribution in [0, 0.1) is 0 Å². The normalized spacial score (nSPS) is 16.8. The van der Waals surface area contributed by atoms with Crippen molar-refractivity contribution >= 4 is 28.7 Å². The second kappa shape index (κ2) is 7.98. The van der Waals surface area contributed by atoms with Crippen LogP contribution in [0.5, 0.6) is 0 Å². The number of hydrogen-bond donors (Lipinski definition) is 3. The summed E-state index contributed by atoms with van der Waals surface area (Å²) < 4.78 is 0. The molecule has 1 fully saturated rings. The largest absolute Gasteiger partial charge is 0.346 e. The van der Waals surface area contributed by atoms with E-state index in [0.717, 1.165) is 16.5 Å². The van der Waals surface area contributed by atoms with Gasteiger partial charge in [-0.1, -0.05) is 48.5 Å². The molecule has 2 aliphatic heterocycles. The number of nitrogens with one attached hydrogen (secondary N) is 3. The molecule has 0 bridgehead atoms. The van der Waals surface area contributed by atoms with Crippen molar-refractivity contribution in [1.29, 1.82) is 0 Å². The summed E-state index contributed by atoms with van der Waals surface area (Å²) in [5.74, 6) is 1.16. The van der Waals surface area contributed by atoms with E-state index in [9.17, 15) is 9.59 Å². The van der Waals surface area contributed by atoms with Crippen LogP contribution < -0.4 is 10.6 Å². The molecule has 3 N–H and O–H groups in total. The van der Waals surface area contributed by atoms with Gasteiger partial charge >= 0.3 is 6.03 Å². The quantitative estimate of drug-likeness (QED) is 0.430. The van der Waals surface area contributed by atoms with Gasteiger partial charge in [0.1, 0.15) is 11.5 Å². The maximum absolute atomic E-state index is 12.9. The maximum Gasteiger partial charge on any atom is 0.323 e. The minimum atomic E-state index is -0.397. The Bertz CT molecular complexity index is 1400. The van der Waals surface area contributed by atoms with Crippen LogP contribution in [0.1, 0.15) is 24.0 Å². The number of H-pyrrole nitrogens is 1. The summed E-state index contributed by atoms with van der Waals surface area (Å²) >= 11 is 0. The number of carbonyl (C=O) groups is 2. The molecule has 4 heterocycles. The lowest BCUT2D eigenvalue weighted by Crippen LogP contribution is -2.57. The summed E-state index contributed by atoms with van der Waals surface area (Å²) in [5.41, 5.74) is 3.46. The molecule has 0 aliphatic carbocycles. The molecule has 2 aromatic carbocycles. The molecule has 2 aliphatic rings. The van der Waals surface area contributed by atoms with Crippen molar-refractivity contribution in [3.63, 3.8) is 0 Å². The van der Waals surface area contributed by atoms with E-state index in [1.54, 1.807) is 11.1 Å². The van der Waals surface area contributed by atoms with Gasteiger partial charge in [0.2, 0.25) is 5.91 Å². The smallest absolute Gasteiger partial charge is 0.323 e. The Hall–Kier alpha value is -4.20. The Morgan fingerprint density at radius 1 is 1.00 bits per heavy atom. The van der Waals surface area contributed by atoms with Crippen LogP contribution in [-0.4, -0.2) is 44.9 Å². The first-order valence-corrected chi connectivity index (χ1v) is 11.5. The van der Waals surface area contributed by atoms with Gasteiger partial charge in [0.05, 0.1) is 23.7 Å². The number of amides is 3. The number of likely N-dealkylation sites (tertiary alicyclic amines) is 1. The molecule has 0 saturated carbocycles. The lowest BCUT2D eigenvalue weighted by molar-refractivity contribution is -0.123. The number of hydrogen-bond acceptors (Lipinski definition) is 4. The lowest BCUT2D eigenvalue weighted by Gasteiger charge is -2.45. The summed E-state index contributed by atoms with van der Waals surface area (Å²) in [7, 11) is 0. The average Bonchev–Trinajstić information content (AvgIpc) is 3.32. The van der Waals surface area contributed by atoms with Crippen LogP contribution in [-0.2, 0) is 16.8 Å².